The van der Waals surface area contributed by atoms with Crippen LogP contribution in [-0.2, 0) is 9.47 Å². The van der Waals surface area contributed by atoms with Gasteiger partial charge in [0.25, 0.3) is 0 Å². The van der Waals surface area contributed by atoms with Crippen molar-refractivity contribution in [3.63, 3.8) is 0 Å². The van der Waals surface area contributed by atoms with Gasteiger partial charge in [-0.05, 0) is 30.1 Å². The van der Waals surface area contributed by atoms with E-state index in [4.69, 9.17) is 19.5 Å². The van der Waals surface area contributed by atoms with Crippen molar-refractivity contribution >= 4 is 57.8 Å². The Labute approximate surface area is 173 Å². The van der Waals surface area contributed by atoms with Gasteiger partial charge in [-0.15, -0.1) is 0 Å². The van der Waals surface area contributed by atoms with Crippen LogP contribution in [0.2, 0.25) is 0 Å². The molecule has 0 spiro atoms. The Morgan fingerprint density at radius 1 is 0.786 bits per heavy atom. The molecule has 28 heavy (non-hydrogen) atoms. The monoisotopic (exact) mass is 446 g/mol. The molecule has 4 rings (SSSR count). The van der Waals surface area contributed by atoms with Gasteiger partial charge in [-0.25, -0.2) is 9.59 Å². The Morgan fingerprint density at radius 3 is 1.50 bits per heavy atom. The molecule has 2 saturated heterocycles. The fraction of sp³-hybridized carbons (Fsp3) is 0.667. The van der Waals surface area contributed by atoms with Crippen molar-refractivity contribution in [2.24, 2.45) is 9.98 Å². The summed E-state index contributed by atoms with van der Waals surface area (Å²) in [5.41, 5.74) is 0. The van der Waals surface area contributed by atoms with Crippen LogP contribution in [0.25, 0.3) is 0 Å². The first-order valence-corrected chi connectivity index (χ1v) is 12.8. The van der Waals surface area contributed by atoms with Crippen LogP contribution in [-0.4, -0.2) is 114 Å². The van der Waals surface area contributed by atoms with Crippen molar-refractivity contribution < 1.29 is 19.1 Å². The summed E-state index contributed by atoms with van der Waals surface area (Å²) in [7, 11) is 6.20. The lowest BCUT2D eigenvalue weighted by molar-refractivity contribution is 0.106. The van der Waals surface area contributed by atoms with Gasteiger partial charge in [0, 0.05) is 52.4 Å². The maximum atomic E-state index is 11.6. The molecule has 2 amide bonds. The lowest BCUT2D eigenvalue weighted by Crippen LogP contribution is -2.50. The number of carbonyl (C=O) groups is 2. The van der Waals surface area contributed by atoms with Gasteiger partial charge in [0.1, 0.15) is 0 Å². The second-order valence-electron chi connectivity index (χ2n) is 6.36. The van der Waals surface area contributed by atoms with Gasteiger partial charge in [0.15, 0.2) is 10.3 Å². The number of amides is 2. The Balaban J connectivity index is 1.31. The van der Waals surface area contributed by atoms with Crippen LogP contribution >= 0.6 is 30.1 Å². The Morgan fingerprint density at radius 2 is 1.18 bits per heavy atom. The largest absolute Gasteiger partial charge is 0.453 e. The number of rotatable bonds is 0. The highest BCUT2D eigenvalue weighted by molar-refractivity contribution is 9.21. The van der Waals surface area contributed by atoms with Gasteiger partial charge in [-0.3, -0.25) is 0 Å². The Kier molecular flexibility index (Phi) is 5.92. The molecular weight excluding hydrogens is 424 g/mol. The average molecular weight is 447 g/mol. The number of amidine groups is 2. The number of aliphatic imine (C=N–C) groups is 2. The van der Waals surface area contributed by atoms with Crippen molar-refractivity contribution in [2.75, 3.05) is 66.6 Å². The highest BCUT2D eigenvalue weighted by Gasteiger charge is 2.34. The molecule has 10 nitrogen and oxygen atoms in total. The number of hydrogen-bond donors (Lipinski definition) is 0. The van der Waals surface area contributed by atoms with E-state index in [1.165, 1.54) is 14.2 Å². The minimum atomic E-state index is -0.272. The van der Waals surface area contributed by atoms with E-state index in [9.17, 15) is 9.59 Å². The zero-order chi connectivity index (χ0) is 19.7. The molecule has 0 atom stereocenters. The van der Waals surface area contributed by atoms with Gasteiger partial charge in [0.05, 0.1) is 14.2 Å². The summed E-state index contributed by atoms with van der Waals surface area (Å²) < 4.78 is 9.56. The molecule has 0 radical (unpaired) electrons. The topological polar surface area (TPSA) is 90.3 Å². The molecule has 0 saturated carbocycles. The van der Waals surface area contributed by atoms with E-state index in [0.29, 0.717) is 26.2 Å². The summed E-state index contributed by atoms with van der Waals surface area (Å²) in [6.07, 6.45) is -0.545. The summed E-state index contributed by atoms with van der Waals surface area (Å²) in [6.45, 7) is 5.57. The van der Waals surface area contributed by atoms with Crippen molar-refractivity contribution in [1.29, 1.82) is 0 Å². The van der Waals surface area contributed by atoms with Crippen molar-refractivity contribution in [1.82, 2.24) is 19.6 Å². The molecular formula is C15H22N6O4S3. The number of hydrogen-bond acceptors (Lipinski definition) is 10. The quantitative estimate of drug-likeness (QED) is 0.404. The van der Waals surface area contributed by atoms with Crippen LogP contribution in [0.1, 0.15) is 0 Å². The van der Waals surface area contributed by atoms with Gasteiger partial charge in [-0.2, -0.15) is 9.98 Å². The second-order valence-corrected chi connectivity index (χ2v) is 11.9. The Hall–Kier alpha value is -1.60. The molecule has 4 aliphatic rings. The molecule has 2 fully saturated rings. The fourth-order valence-corrected chi connectivity index (χ4v) is 8.97. The highest BCUT2D eigenvalue weighted by atomic mass is 33.5. The van der Waals surface area contributed by atoms with E-state index < -0.39 is 0 Å². The molecule has 0 bridgehead atoms. The zero-order valence-corrected chi connectivity index (χ0v) is 18.1. The smallest absolute Gasteiger partial charge is 0.409 e. The van der Waals surface area contributed by atoms with Crippen molar-refractivity contribution in [3.05, 3.63) is 0 Å². The number of piperazine rings is 2. The van der Waals surface area contributed by atoms with Crippen LogP contribution < -0.4 is 0 Å². The number of methoxy groups -OCH3 is 2. The highest BCUT2D eigenvalue weighted by Crippen LogP contribution is 2.54. The first kappa shape index (κ1) is 19.7. The average Bonchev–Trinajstić information content (AvgIpc) is 3.32. The van der Waals surface area contributed by atoms with E-state index >= 15 is 0 Å². The lowest BCUT2D eigenvalue weighted by atomic mass is 10.3. The number of ether oxygens (including phenoxy) is 2. The molecule has 0 N–H and O–H groups in total. The minimum Gasteiger partial charge on any atom is -0.453 e. The van der Waals surface area contributed by atoms with Crippen molar-refractivity contribution in [2.45, 2.75) is 0 Å². The molecule has 0 aliphatic carbocycles. The van der Waals surface area contributed by atoms with E-state index in [1.54, 1.807) is 31.4 Å². The molecule has 0 aromatic carbocycles. The predicted octanol–water partition coefficient (Wildman–Crippen LogP) is 1.15. The van der Waals surface area contributed by atoms with Crippen LogP contribution in [0.15, 0.2) is 9.98 Å². The maximum Gasteiger partial charge on any atom is 0.409 e. The Bertz CT molecular complexity index is 697. The third-order valence-electron chi connectivity index (χ3n) is 4.80. The first-order chi connectivity index (χ1) is 13.6. The molecule has 0 aromatic heterocycles. The van der Waals surface area contributed by atoms with Gasteiger partial charge in [-0.1, -0.05) is 0 Å². The van der Waals surface area contributed by atoms with E-state index in [2.05, 4.69) is 9.80 Å². The second kappa shape index (κ2) is 8.41. The van der Waals surface area contributed by atoms with Crippen LogP contribution in [0.5, 0.6) is 0 Å². The van der Waals surface area contributed by atoms with Gasteiger partial charge >= 0.3 is 12.2 Å². The normalized spacial score (nSPS) is 22.9. The third-order valence-corrected chi connectivity index (χ3v) is 10.5. The van der Waals surface area contributed by atoms with Crippen LogP contribution in [0.3, 0.4) is 0 Å². The van der Waals surface area contributed by atoms with Crippen LogP contribution in [0, 0.1) is 0 Å². The fourth-order valence-electron chi connectivity index (χ4n) is 3.19. The molecule has 0 unspecified atom stereocenters. The minimum absolute atomic E-state index is 0.121. The van der Waals surface area contributed by atoms with Gasteiger partial charge < -0.3 is 29.1 Å². The number of carbonyl (C=O) groups excluding carboxylic acids is 2. The molecule has 154 valence electrons. The maximum absolute atomic E-state index is 11.6. The summed E-state index contributed by atoms with van der Waals surface area (Å²) in [5.74, 6) is 0. The summed E-state index contributed by atoms with van der Waals surface area (Å²) in [6, 6.07) is 0. The SMILES string of the molecule is COC(=O)N1CCN(C2=NC3=S(S2)SC(N2CCN(C(=O)OC)CC2)=N3)CC1. The van der Waals surface area contributed by atoms with Gasteiger partial charge in [0.2, 0.25) is 5.11 Å². The van der Waals surface area contributed by atoms with E-state index in [0.717, 1.165) is 41.6 Å². The number of nitrogens with zero attached hydrogens (tertiary/aromatic N) is 6. The summed E-state index contributed by atoms with van der Waals surface area (Å²) >= 11 is 0. The lowest BCUT2D eigenvalue weighted by Gasteiger charge is -2.35. The predicted molar refractivity (Wildman–Crippen MR) is 114 cm³/mol. The van der Waals surface area contributed by atoms with Crippen molar-refractivity contribution in [3.8, 4) is 0 Å². The summed E-state index contributed by atoms with van der Waals surface area (Å²) in [5, 5.41) is 2.87. The standard InChI is InChI=1S/C15H22N6O4S3/c1-24-14(22)20-7-3-18(4-8-20)12-16-11-17-13(27-28(11)26-12)19-5-9-21(10-6-19)15(23)25-2/h3-10H2,1-2H3. The molecule has 0 aromatic rings. The molecule has 4 aliphatic heterocycles. The third kappa shape index (κ3) is 3.92. The van der Waals surface area contributed by atoms with E-state index in [1.807, 2.05) is 0 Å². The molecule has 4 heterocycles. The van der Waals surface area contributed by atoms with Crippen LogP contribution in [0.4, 0.5) is 9.59 Å². The zero-order valence-electron chi connectivity index (χ0n) is 15.7. The summed E-state index contributed by atoms with van der Waals surface area (Å²) in [4.78, 5) is 40.6. The molecule has 13 heteroatoms. The first-order valence-electron chi connectivity index (χ1n) is 8.90. The van der Waals surface area contributed by atoms with E-state index in [-0.39, 0.29) is 20.7 Å².